The molecule has 4 rings (SSSR count). The molecule has 3 aliphatic rings. The van der Waals surface area contributed by atoms with E-state index in [1.165, 1.54) is 32.1 Å². The lowest BCUT2D eigenvalue weighted by molar-refractivity contribution is -0.0494. The van der Waals surface area contributed by atoms with Gasteiger partial charge in [0.2, 0.25) is 0 Å². The zero-order valence-corrected chi connectivity index (χ0v) is 12.0. The topological polar surface area (TPSA) is 21.3 Å². The van der Waals surface area contributed by atoms with E-state index in [2.05, 4.69) is 10.1 Å². The highest BCUT2D eigenvalue weighted by Crippen LogP contribution is 2.59. The highest BCUT2D eigenvalue weighted by molar-refractivity contribution is 5.57. The molecule has 3 saturated carbocycles. The van der Waals surface area contributed by atoms with Crippen molar-refractivity contribution in [2.24, 2.45) is 23.7 Å². The van der Waals surface area contributed by atoms with E-state index in [4.69, 9.17) is 0 Å². The number of nitrogens with one attached hydrogen (secondary N) is 1. The van der Waals surface area contributed by atoms with Gasteiger partial charge in [0.1, 0.15) is 5.75 Å². The Hall–Kier alpha value is -1.32. The second-order valence-corrected chi connectivity index (χ2v) is 6.78. The molecule has 3 fully saturated rings. The molecule has 5 atom stereocenters. The molecule has 3 aliphatic carbocycles. The molecule has 21 heavy (non-hydrogen) atoms. The molecular formula is C17H21F2NO. The third kappa shape index (κ3) is 2.29. The van der Waals surface area contributed by atoms with Gasteiger partial charge in [0.15, 0.2) is 0 Å². The maximum atomic E-state index is 12.5. The molecule has 1 N–H and O–H groups in total. The first-order chi connectivity index (χ1) is 10.2. The van der Waals surface area contributed by atoms with Crippen molar-refractivity contribution in [3.63, 3.8) is 0 Å². The largest absolute Gasteiger partial charge is 0.433 e. The fourth-order valence-corrected chi connectivity index (χ4v) is 5.22. The number of alkyl halides is 2. The van der Waals surface area contributed by atoms with Gasteiger partial charge in [0.25, 0.3) is 0 Å². The summed E-state index contributed by atoms with van der Waals surface area (Å²) in [5.74, 6) is 3.65. The fraction of sp³-hybridized carbons (Fsp3) is 0.647. The Labute approximate surface area is 123 Å². The van der Waals surface area contributed by atoms with Crippen molar-refractivity contribution in [1.29, 1.82) is 0 Å². The van der Waals surface area contributed by atoms with Crippen LogP contribution in [-0.2, 0) is 0 Å². The van der Waals surface area contributed by atoms with Crippen LogP contribution in [0.25, 0.3) is 0 Å². The van der Waals surface area contributed by atoms with E-state index in [0.29, 0.717) is 11.7 Å². The molecule has 0 aliphatic heterocycles. The summed E-state index contributed by atoms with van der Waals surface area (Å²) in [4.78, 5) is 0. The van der Waals surface area contributed by atoms with Crippen molar-refractivity contribution in [3.8, 4) is 5.75 Å². The summed E-state index contributed by atoms with van der Waals surface area (Å²) in [5.41, 5.74) is 0.713. The second-order valence-electron chi connectivity index (χ2n) is 6.78. The van der Waals surface area contributed by atoms with Gasteiger partial charge in [-0.3, -0.25) is 0 Å². The highest BCUT2D eigenvalue weighted by Gasteiger charge is 2.53. The minimum absolute atomic E-state index is 0.262. The quantitative estimate of drug-likeness (QED) is 0.881. The monoisotopic (exact) mass is 293 g/mol. The molecular weight excluding hydrogens is 272 g/mol. The van der Waals surface area contributed by atoms with E-state index in [-0.39, 0.29) is 5.75 Å². The predicted molar refractivity (Wildman–Crippen MR) is 77.5 cm³/mol. The standard InChI is InChI=1S/C17H21F2NO/c18-17(19)21-16-7-2-1-6-14(16)20-15-9-10-8-13(15)12-5-3-4-11(10)12/h1-2,6-7,10-13,15,17,20H,3-5,8-9H2. The van der Waals surface area contributed by atoms with Crippen LogP contribution in [0.3, 0.4) is 0 Å². The Bertz CT molecular complexity index is 521. The lowest BCUT2D eigenvalue weighted by Gasteiger charge is -2.33. The normalized spacial score (nSPS) is 37.0. The third-order valence-corrected chi connectivity index (χ3v) is 5.87. The van der Waals surface area contributed by atoms with E-state index in [9.17, 15) is 8.78 Å². The lowest BCUT2D eigenvalue weighted by Crippen LogP contribution is -2.34. The van der Waals surface area contributed by atoms with Crippen LogP contribution >= 0.6 is 0 Å². The average molecular weight is 293 g/mol. The fourth-order valence-electron chi connectivity index (χ4n) is 5.22. The van der Waals surface area contributed by atoms with E-state index >= 15 is 0 Å². The number of hydrogen-bond acceptors (Lipinski definition) is 2. The summed E-state index contributed by atoms with van der Waals surface area (Å²) in [7, 11) is 0. The van der Waals surface area contributed by atoms with Gasteiger partial charge < -0.3 is 10.1 Å². The van der Waals surface area contributed by atoms with Crippen molar-refractivity contribution >= 4 is 5.69 Å². The molecule has 4 heteroatoms. The van der Waals surface area contributed by atoms with Crippen molar-refractivity contribution in [1.82, 2.24) is 0 Å². The minimum Gasteiger partial charge on any atom is -0.433 e. The Balaban J connectivity index is 1.50. The van der Waals surface area contributed by atoms with Gasteiger partial charge >= 0.3 is 6.61 Å². The number of halogens is 2. The van der Waals surface area contributed by atoms with Crippen molar-refractivity contribution in [2.45, 2.75) is 44.8 Å². The molecule has 5 unspecified atom stereocenters. The zero-order valence-electron chi connectivity index (χ0n) is 12.0. The maximum absolute atomic E-state index is 12.5. The number of benzene rings is 1. The molecule has 0 heterocycles. The molecule has 1 aromatic rings. The second kappa shape index (κ2) is 5.15. The van der Waals surface area contributed by atoms with Crippen LogP contribution in [0.15, 0.2) is 24.3 Å². The summed E-state index contributed by atoms with van der Waals surface area (Å²) in [5, 5.41) is 3.50. The van der Waals surface area contributed by atoms with Crippen molar-refractivity contribution in [2.75, 3.05) is 5.32 Å². The van der Waals surface area contributed by atoms with Crippen LogP contribution in [-0.4, -0.2) is 12.7 Å². The number of para-hydroxylation sites is 2. The lowest BCUT2D eigenvalue weighted by atomic mass is 9.79. The molecule has 114 valence electrons. The molecule has 0 amide bonds. The Kier molecular flexibility index (Phi) is 3.27. The van der Waals surface area contributed by atoms with Crippen LogP contribution in [0, 0.1) is 23.7 Å². The van der Waals surface area contributed by atoms with Crippen LogP contribution in [0.2, 0.25) is 0 Å². The Morgan fingerprint density at radius 1 is 1.05 bits per heavy atom. The number of fused-ring (bicyclic) bond motifs is 5. The van der Waals surface area contributed by atoms with Crippen molar-refractivity contribution < 1.29 is 13.5 Å². The van der Waals surface area contributed by atoms with E-state index in [1.54, 1.807) is 12.1 Å². The smallest absolute Gasteiger partial charge is 0.387 e. The molecule has 0 saturated heterocycles. The van der Waals surface area contributed by atoms with E-state index in [1.807, 2.05) is 12.1 Å². The van der Waals surface area contributed by atoms with Gasteiger partial charge in [0, 0.05) is 6.04 Å². The molecule has 0 spiro atoms. The van der Waals surface area contributed by atoms with E-state index < -0.39 is 6.61 Å². The van der Waals surface area contributed by atoms with Gasteiger partial charge in [-0.05, 0) is 61.5 Å². The predicted octanol–water partition coefficient (Wildman–Crippen LogP) is 4.52. The third-order valence-electron chi connectivity index (χ3n) is 5.87. The van der Waals surface area contributed by atoms with Crippen molar-refractivity contribution in [3.05, 3.63) is 24.3 Å². The summed E-state index contributed by atoms with van der Waals surface area (Å²) in [6, 6.07) is 7.48. The molecule has 1 aromatic carbocycles. The van der Waals surface area contributed by atoms with Crippen LogP contribution in [0.4, 0.5) is 14.5 Å². The minimum atomic E-state index is -2.77. The van der Waals surface area contributed by atoms with Gasteiger partial charge in [-0.1, -0.05) is 18.6 Å². The molecule has 0 radical (unpaired) electrons. The average Bonchev–Trinajstić information content (AvgIpc) is 3.12. The zero-order chi connectivity index (χ0) is 14.4. The summed E-state index contributed by atoms with van der Waals surface area (Å²) >= 11 is 0. The number of hydrogen-bond donors (Lipinski definition) is 1. The number of rotatable bonds is 4. The van der Waals surface area contributed by atoms with E-state index in [0.717, 1.165) is 23.7 Å². The summed E-state index contributed by atoms with van der Waals surface area (Å²) < 4.78 is 29.6. The van der Waals surface area contributed by atoms with Gasteiger partial charge in [-0.2, -0.15) is 8.78 Å². The van der Waals surface area contributed by atoms with Gasteiger partial charge in [-0.15, -0.1) is 0 Å². The molecule has 0 aromatic heterocycles. The first kappa shape index (κ1) is 13.4. The van der Waals surface area contributed by atoms with Gasteiger partial charge in [0.05, 0.1) is 5.69 Å². The number of anilines is 1. The van der Waals surface area contributed by atoms with Gasteiger partial charge in [-0.25, -0.2) is 0 Å². The van der Waals surface area contributed by atoms with Crippen LogP contribution in [0.1, 0.15) is 32.1 Å². The Morgan fingerprint density at radius 3 is 2.71 bits per heavy atom. The summed E-state index contributed by atoms with van der Waals surface area (Å²) in [6.45, 7) is -2.77. The SMILES string of the molecule is FC(F)Oc1ccccc1NC1CC2CC1C1CCCC21. The Morgan fingerprint density at radius 2 is 1.86 bits per heavy atom. The molecule has 2 bridgehead atoms. The maximum Gasteiger partial charge on any atom is 0.387 e. The first-order valence-corrected chi connectivity index (χ1v) is 8.03. The summed E-state index contributed by atoms with van der Waals surface area (Å²) in [6.07, 6.45) is 6.66. The van der Waals surface area contributed by atoms with Crippen LogP contribution < -0.4 is 10.1 Å². The van der Waals surface area contributed by atoms with Crippen LogP contribution in [0.5, 0.6) is 5.75 Å². The highest BCUT2D eigenvalue weighted by atomic mass is 19.3. The number of ether oxygens (including phenoxy) is 1. The first-order valence-electron chi connectivity index (χ1n) is 8.03. The molecule has 2 nitrogen and oxygen atoms in total.